The van der Waals surface area contributed by atoms with Gasteiger partial charge in [0.05, 0.1) is 25.9 Å². The van der Waals surface area contributed by atoms with Crippen molar-refractivity contribution < 1.29 is 14.3 Å². The number of rotatable bonds is 9. The van der Waals surface area contributed by atoms with E-state index < -0.39 is 0 Å². The summed E-state index contributed by atoms with van der Waals surface area (Å²) in [5.41, 5.74) is 0.504. The van der Waals surface area contributed by atoms with Crippen LogP contribution < -0.4 is 15.4 Å². The molecule has 6 nitrogen and oxygen atoms in total. The van der Waals surface area contributed by atoms with Crippen molar-refractivity contribution >= 4 is 29.1 Å². The number of anilines is 1. The highest BCUT2D eigenvalue weighted by Crippen LogP contribution is 2.27. The highest BCUT2D eigenvalue weighted by molar-refractivity contribution is 6.31. The van der Waals surface area contributed by atoms with Crippen LogP contribution in [-0.4, -0.2) is 50.0 Å². The normalized spacial score (nSPS) is 11.9. The van der Waals surface area contributed by atoms with Gasteiger partial charge >= 0.3 is 0 Å². The largest absolute Gasteiger partial charge is 0.495 e. The number of nitrogens with one attached hydrogen (secondary N) is 2. The van der Waals surface area contributed by atoms with E-state index in [0.717, 1.165) is 12.8 Å². The molecule has 0 saturated heterocycles. The van der Waals surface area contributed by atoms with E-state index in [-0.39, 0.29) is 30.9 Å². The second-order valence-corrected chi connectivity index (χ2v) is 6.26. The van der Waals surface area contributed by atoms with Gasteiger partial charge in [0, 0.05) is 11.1 Å². The first-order valence-corrected chi connectivity index (χ1v) is 8.34. The number of carbonyl (C=O) groups is 2. The Morgan fingerprint density at radius 1 is 1.29 bits per heavy atom. The quantitative estimate of drug-likeness (QED) is 0.714. The zero-order chi connectivity index (χ0) is 18.1. The van der Waals surface area contributed by atoms with Crippen LogP contribution in [0.25, 0.3) is 0 Å². The van der Waals surface area contributed by atoms with Gasteiger partial charge in [-0.3, -0.25) is 14.5 Å². The van der Waals surface area contributed by atoms with Gasteiger partial charge in [-0.05, 0) is 38.6 Å². The van der Waals surface area contributed by atoms with Crippen LogP contribution in [0.15, 0.2) is 18.2 Å². The Bertz CT molecular complexity index is 566. The van der Waals surface area contributed by atoms with Crippen LogP contribution in [0.5, 0.6) is 5.75 Å². The van der Waals surface area contributed by atoms with Crippen molar-refractivity contribution in [3.8, 4) is 5.75 Å². The molecule has 0 aliphatic carbocycles. The molecular weight excluding hydrogens is 330 g/mol. The second kappa shape index (κ2) is 10.2. The maximum absolute atomic E-state index is 12.1. The second-order valence-electron chi connectivity index (χ2n) is 5.82. The molecule has 134 valence electrons. The third-order valence-electron chi connectivity index (χ3n) is 3.39. The number of likely N-dealkylation sites (N-methyl/N-ethyl adjacent to an activating group) is 1. The minimum atomic E-state index is -0.243. The Morgan fingerprint density at radius 2 is 1.96 bits per heavy atom. The maximum atomic E-state index is 12.1. The fourth-order valence-electron chi connectivity index (χ4n) is 2.34. The predicted octanol–water partition coefficient (Wildman–Crippen LogP) is 2.52. The maximum Gasteiger partial charge on any atom is 0.238 e. The van der Waals surface area contributed by atoms with Gasteiger partial charge in [0.2, 0.25) is 11.8 Å². The molecule has 1 aromatic rings. The molecule has 24 heavy (non-hydrogen) atoms. The highest BCUT2D eigenvalue weighted by Gasteiger charge is 2.14. The smallest absolute Gasteiger partial charge is 0.238 e. The van der Waals surface area contributed by atoms with E-state index in [2.05, 4.69) is 17.6 Å². The van der Waals surface area contributed by atoms with Crippen LogP contribution in [0.2, 0.25) is 5.02 Å². The molecule has 0 unspecified atom stereocenters. The zero-order valence-electron chi connectivity index (χ0n) is 14.7. The number of ether oxygens (including phenoxy) is 1. The molecule has 0 aromatic heterocycles. The Labute approximate surface area is 148 Å². The molecule has 0 saturated carbocycles. The Hall–Kier alpha value is -1.79. The molecule has 0 radical (unpaired) electrons. The summed E-state index contributed by atoms with van der Waals surface area (Å²) in [5, 5.41) is 6.16. The SMILES string of the molecule is CCC[C@@H](C)NC(=O)CN(C)CC(=O)Nc1cc(Cl)ccc1OC. The van der Waals surface area contributed by atoms with Crippen molar-refractivity contribution in [1.29, 1.82) is 0 Å². The standard InChI is InChI=1S/C17H26ClN3O3/c1-5-6-12(2)19-16(22)10-21(3)11-17(23)20-14-9-13(18)7-8-15(14)24-4/h7-9,12H,5-6,10-11H2,1-4H3,(H,19,22)(H,20,23)/t12-/m1/s1. The van der Waals surface area contributed by atoms with Crippen LogP contribution in [0.1, 0.15) is 26.7 Å². The molecular formula is C17H26ClN3O3. The molecule has 0 bridgehead atoms. The van der Waals surface area contributed by atoms with E-state index in [9.17, 15) is 9.59 Å². The summed E-state index contributed by atoms with van der Waals surface area (Å²) in [5.74, 6) is 0.195. The summed E-state index contributed by atoms with van der Waals surface area (Å²) in [6, 6.07) is 5.13. The van der Waals surface area contributed by atoms with Gasteiger partial charge in [0.1, 0.15) is 5.75 Å². The highest BCUT2D eigenvalue weighted by atomic mass is 35.5. The fourth-order valence-corrected chi connectivity index (χ4v) is 2.51. The number of halogens is 1. The van der Waals surface area contributed by atoms with Gasteiger partial charge < -0.3 is 15.4 Å². The number of methoxy groups -OCH3 is 1. The Morgan fingerprint density at radius 3 is 2.58 bits per heavy atom. The molecule has 1 rings (SSSR count). The van der Waals surface area contributed by atoms with Crippen LogP contribution in [0.3, 0.4) is 0 Å². The Kier molecular flexibility index (Phi) is 8.57. The first kappa shape index (κ1) is 20.3. The van der Waals surface area contributed by atoms with Crippen molar-refractivity contribution in [3.05, 3.63) is 23.2 Å². The van der Waals surface area contributed by atoms with Crippen molar-refractivity contribution in [2.24, 2.45) is 0 Å². The number of nitrogens with zero attached hydrogens (tertiary/aromatic N) is 1. The number of hydrogen-bond acceptors (Lipinski definition) is 4. The van der Waals surface area contributed by atoms with Gasteiger partial charge in [0.15, 0.2) is 0 Å². The van der Waals surface area contributed by atoms with Crippen LogP contribution in [-0.2, 0) is 9.59 Å². The number of amides is 2. The summed E-state index contributed by atoms with van der Waals surface area (Å²) in [4.78, 5) is 25.7. The van der Waals surface area contributed by atoms with Crippen molar-refractivity contribution in [1.82, 2.24) is 10.2 Å². The van der Waals surface area contributed by atoms with E-state index in [1.807, 2.05) is 6.92 Å². The number of benzene rings is 1. The van der Waals surface area contributed by atoms with Gasteiger partial charge in [-0.1, -0.05) is 24.9 Å². The minimum absolute atomic E-state index is 0.0885. The predicted molar refractivity (Wildman–Crippen MR) is 96.6 cm³/mol. The van der Waals surface area contributed by atoms with E-state index in [1.165, 1.54) is 7.11 Å². The van der Waals surface area contributed by atoms with E-state index in [0.29, 0.717) is 16.5 Å². The molecule has 7 heteroatoms. The first-order valence-electron chi connectivity index (χ1n) is 7.97. The fraction of sp³-hybridized carbons (Fsp3) is 0.529. The first-order chi connectivity index (χ1) is 11.3. The van der Waals surface area contributed by atoms with Crippen molar-refractivity contribution in [2.45, 2.75) is 32.7 Å². The average molecular weight is 356 g/mol. The topological polar surface area (TPSA) is 70.7 Å². The Balaban J connectivity index is 2.50. The molecule has 0 aliphatic rings. The lowest BCUT2D eigenvalue weighted by molar-refractivity contribution is -0.123. The summed E-state index contributed by atoms with van der Waals surface area (Å²) in [7, 11) is 3.24. The lowest BCUT2D eigenvalue weighted by atomic mass is 10.2. The van der Waals surface area contributed by atoms with Crippen molar-refractivity contribution in [2.75, 3.05) is 32.6 Å². The van der Waals surface area contributed by atoms with Crippen LogP contribution in [0.4, 0.5) is 5.69 Å². The molecule has 1 atom stereocenters. The van der Waals surface area contributed by atoms with Gasteiger partial charge in [0.25, 0.3) is 0 Å². The number of carbonyl (C=O) groups excluding carboxylic acids is 2. The van der Waals surface area contributed by atoms with Crippen molar-refractivity contribution in [3.63, 3.8) is 0 Å². The van der Waals surface area contributed by atoms with Gasteiger partial charge in [-0.25, -0.2) is 0 Å². The summed E-state index contributed by atoms with van der Waals surface area (Å²) in [6.45, 7) is 4.29. The molecule has 1 aromatic carbocycles. The number of hydrogen-bond donors (Lipinski definition) is 2. The summed E-state index contributed by atoms with van der Waals surface area (Å²) >= 11 is 5.94. The molecule has 0 fully saturated rings. The van der Waals surface area contributed by atoms with Crippen LogP contribution in [0, 0.1) is 0 Å². The van der Waals surface area contributed by atoms with E-state index in [4.69, 9.17) is 16.3 Å². The third kappa shape index (κ3) is 7.19. The molecule has 2 amide bonds. The molecule has 0 spiro atoms. The van der Waals surface area contributed by atoms with Crippen LogP contribution >= 0.6 is 11.6 Å². The molecule has 2 N–H and O–H groups in total. The third-order valence-corrected chi connectivity index (χ3v) is 3.63. The van der Waals surface area contributed by atoms with Gasteiger partial charge in [-0.2, -0.15) is 0 Å². The lowest BCUT2D eigenvalue weighted by Crippen LogP contribution is -2.41. The lowest BCUT2D eigenvalue weighted by Gasteiger charge is -2.19. The molecule has 0 heterocycles. The molecule has 0 aliphatic heterocycles. The summed E-state index contributed by atoms with van der Waals surface area (Å²) in [6.07, 6.45) is 1.95. The summed E-state index contributed by atoms with van der Waals surface area (Å²) < 4.78 is 5.19. The monoisotopic (exact) mass is 355 g/mol. The zero-order valence-corrected chi connectivity index (χ0v) is 15.4. The minimum Gasteiger partial charge on any atom is -0.495 e. The average Bonchev–Trinajstić information content (AvgIpc) is 2.46. The van der Waals surface area contributed by atoms with Gasteiger partial charge in [-0.15, -0.1) is 0 Å². The van der Waals surface area contributed by atoms with E-state index >= 15 is 0 Å². The van der Waals surface area contributed by atoms with E-state index in [1.54, 1.807) is 30.1 Å².